The number of hydrogen-bond donors (Lipinski definition) is 0. The van der Waals surface area contributed by atoms with E-state index >= 15 is 0 Å². The molecule has 0 bridgehead atoms. The van der Waals surface area contributed by atoms with Crippen LogP contribution in [0.15, 0.2) is 0 Å². The fourth-order valence-electron chi connectivity index (χ4n) is 1.08. The molecule has 0 aliphatic rings. The van der Waals surface area contributed by atoms with Gasteiger partial charge in [-0.1, -0.05) is 39.0 Å². The van der Waals surface area contributed by atoms with Crippen molar-refractivity contribution in [3.05, 3.63) is 5.92 Å². The van der Waals surface area contributed by atoms with Crippen molar-refractivity contribution in [3.63, 3.8) is 0 Å². The van der Waals surface area contributed by atoms with Gasteiger partial charge in [0.15, 0.2) is 0 Å². The molecule has 0 aromatic heterocycles. The molecule has 0 heteroatoms. The second kappa shape index (κ2) is 7.11. The van der Waals surface area contributed by atoms with Gasteiger partial charge in [-0.3, -0.25) is 0 Å². The lowest BCUT2D eigenvalue weighted by molar-refractivity contribution is 0.614. The van der Waals surface area contributed by atoms with Crippen LogP contribution in [0, 0.1) is 5.92 Å². The maximum absolute atomic E-state index is 2.26. The third-order valence-electron chi connectivity index (χ3n) is 1.78. The van der Waals surface area contributed by atoms with E-state index in [9.17, 15) is 0 Å². The second-order valence-electron chi connectivity index (χ2n) is 3.37. The molecule has 0 aliphatic heterocycles. The van der Waals surface area contributed by atoms with Gasteiger partial charge in [0.05, 0.1) is 0 Å². The minimum absolute atomic E-state index is 1.34. The van der Waals surface area contributed by atoms with E-state index in [0.29, 0.717) is 0 Å². The number of rotatable bonds is 6. The van der Waals surface area contributed by atoms with E-state index in [1.165, 1.54) is 38.5 Å². The first-order valence-corrected chi connectivity index (χ1v) is 4.56. The lowest BCUT2D eigenvalue weighted by Gasteiger charge is -2.15. The Bertz CT molecular complexity index is 55.1. The van der Waals surface area contributed by atoms with Crippen LogP contribution in [-0.4, -0.2) is 0 Å². The lowest BCUT2D eigenvalue weighted by atomic mass is 10.0. The molecular weight excluding hydrogens is 120 g/mol. The van der Waals surface area contributed by atoms with Crippen LogP contribution in [0.4, 0.5) is 0 Å². The van der Waals surface area contributed by atoms with Crippen molar-refractivity contribution in [2.24, 2.45) is 0 Å². The molecule has 0 aromatic rings. The molecule has 0 saturated carbocycles. The maximum atomic E-state index is 2.26. The van der Waals surface area contributed by atoms with Crippen molar-refractivity contribution >= 4 is 0 Å². The van der Waals surface area contributed by atoms with Crippen LogP contribution in [-0.2, 0) is 0 Å². The molecule has 0 saturated heterocycles. The van der Waals surface area contributed by atoms with Crippen LogP contribution in [0.3, 0.4) is 0 Å². The second-order valence-corrected chi connectivity index (χ2v) is 3.37. The average molecular weight is 141 g/mol. The van der Waals surface area contributed by atoms with Crippen molar-refractivity contribution in [2.75, 3.05) is 0 Å². The summed E-state index contributed by atoms with van der Waals surface area (Å²) in [6.07, 6.45) is 8.38. The molecule has 0 heterocycles. The topological polar surface area (TPSA) is 0 Å². The van der Waals surface area contributed by atoms with Gasteiger partial charge in [-0.25, -0.2) is 0 Å². The van der Waals surface area contributed by atoms with E-state index in [-0.39, 0.29) is 0 Å². The van der Waals surface area contributed by atoms with Gasteiger partial charge in [-0.15, -0.1) is 0 Å². The van der Waals surface area contributed by atoms with Gasteiger partial charge in [0, 0.05) is 0 Å². The highest BCUT2D eigenvalue weighted by atomic mass is 14.0. The molecule has 0 aromatic carbocycles. The Morgan fingerprint density at radius 1 is 0.900 bits per heavy atom. The Balaban J connectivity index is 2.77. The molecule has 0 nitrogen and oxygen atoms in total. The van der Waals surface area contributed by atoms with Crippen molar-refractivity contribution in [1.82, 2.24) is 0 Å². The molecule has 0 aliphatic carbocycles. The zero-order chi connectivity index (χ0) is 7.82. The van der Waals surface area contributed by atoms with Crippen molar-refractivity contribution in [2.45, 2.75) is 59.3 Å². The van der Waals surface area contributed by atoms with Gasteiger partial charge >= 0.3 is 0 Å². The standard InChI is InChI=1S/C10H21/c1-4-5-6-7-8-9-10(2)3/h4-9H2,1-3H3/q-1. The lowest BCUT2D eigenvalue weighted by Crippen LogP contribution is -1.84. The predicted molar refractivity (Wildman–Crippen MR) is 48.0 cm³/mol. The highest BCUT2D eigenvalue weighted by Gasteiger charge is 1.85. The molecule has 10 heavy (non-hydrogen) atoms. The largest absolute Gasteiger partial charge is 0.320 e. The van der Waals surface area contributed by atoms with Gasteiger partial charge in [-0.2, -0.15) is 20.3 Å². The summed E-state index contributed by atoms with van der Waals surface area (Å²) in [5, 5.41) is 0. The molecule has 0 atom stereocenters. The monoisotopic (exact) mass is 141 g/mol. The number of hydrogen-bond acceptors (Lipinski definition) is 0. The fraction of sp³-hybridized carbons (Fsp3) is 0.900. The Morgan fingerprint density at radius 3 is 2.00 bits per heavy atom. The fourth-order valence-corrected chi connectivity index (χ4v) is 1.08. The van der Waals surface area contributed by atoms with E-state index < -0.39 is 0 Å². The van der Waals surface area contributed by atoms with E-state index in [0.717, 1.165) is 0 Å². The summed E-state index contributed by atoms with van der Waals surface area (Å²) in [7, 11) is 0. The Hall–Kier alpha value is 0. The van der Waals surface area contributed by atoms with Crippen molar-refractivity contribution in [3.8, 4) is 0 Å². The number of unbranched alkanes of at least 4 members (excludes halogenated alkanes) is 4. The van der Waals surface area contributed by atoms with Crippen LogP contribution >= 0.6 is 0 Å². The third kappa shape index (κ3) is 8.00. The summed E-state index contributed by atoms with van der Waals surface area (Å²) >= 11 is 0. The summed E-state index contributed by atoms with van der Waals surface area (Å²) in [6, 6.07) is 0. The zero-order valence-electron chi connectivity index (χ0n) is 7.74. The smallest absolute Gasteiger partial charge is 0.0534 e. The molecule has 0 spiro atoms. The normalized spacial score (nSPS) is 10.8. The molecule has 0 amide bonds. The Kier molecular flexibility index (Phi) is 7.11. The van der Waals surface area contributed by atoms with E-state index in [2.05, 4.69) is 20.8 Å². The molecule has 62 valence electrons. The molecule has 0 fully saturated rings. The summed E-state index contributed by atoms with van der Waals surface area (Å²) in [5.74, 6) is 1.58. The van der Waals surface area contributed by atoms with E-state index in [1.54, 1.807) is 5.92 Å². The Morgan fingerprint density at radius 2 is 1.50 bits per heavy atom. The first-order valence-electron chi connectivity index (χ1n) is 4.56. The van der Waals surface area contributed by atoms with Crippen LogP contribution in [0.1, 0.15) is 59.3 Å². The van der Waals surface area contributed by atoms with Crippen LogP contribution in [0.5, 0.6) is 0 Å². The van der Waals surface area contributed by atoms with Crippen LogP contribution in [0.25, 0.3) is 0 Å². The molecule has 0 unspecified atom stereocenters. The molecule has 0 N–H and O–H groups in total. The minimum Gasteiger partial charge on any atom is -0.320 e. The van der Waals surface area contributed by atoms with Gasteiger partial charge in [-0.05, 0) is 0 Å². The van der Waals surface area contributed by atoms with Crippen LogP contribution in [0.2, 0.25) is 0 Å². The molecular formula is C10H21-. The summed E-state index contributed by atoms with van der Waals surface area (Å²) < 4.78 is 0. The van der Waals surface area contributed by atoms with Gasteiger partial charge in [0.25, 0.3) is 0 Å². The first kappa shape index (κ1) is 10.0. The van der Waals surface area contributed by atoms with Crippen molar-refractivity contribution < 1.29 is 0 Å². The first-order chi connectivity index (χ1) is 4.77. The average Bonchev–Trinajstić information content (AvgIpc) is 1.87. The highest BCUT2D eigenvalue weighted by Crippen LogP contribution is 2.11. The summed E-state index contributed by atoms with van der Waals surface area (Å²) in [4.78, 5) is 0. The maximum Gasteiger partial charge on any atom is -0.0534 e. The summed E-state index contributed by atoms with van der Waals surface area (Å²) in [6.45, 7) is 6.71. The highest BCUT2D eigenvalue weighted by molar-refractivity contribution is 4.75. The van der Waals surface area contributed by atoms with Crippen LogP contribution < -0.4 is 0 Å². The zero-order valence-corrected chi connectivity index (χ0v) is 7.74. The van der Waals surface area contributed by atoms with Gasteiger partial charge < -0.3 is 5.92 Å². The van der Waals surface area contributed by atoms with E-state index in [4.69, 9.17) is 0 Å². The SMILES string of the molecule is CCCCCCC[C-](C)C. The third-order valence-corrected chi connectivity index (χ3v) is 1.78. The predicted octanol–water partition coefficient (Wildman–Crippen LogP) is 3.96. The van der Waals surface area contributed by atoms with Gasteiger partial charge in [0.2, 0.25) is 0 Å². The molecule has 0 rings (SSSR count). The van der Waals surface area contributed by atoms with Gasteiger partial charge in [0.1, 0.15) is 0 Å². The molecule has 0 radical (unpaired) electrons. The Labute approximate surface area is 66.0 Å². The quantitative estimate of drug-likeness (QED) is 0.388. The van der Waals surface area contributed by atoms with Crippen molar-refractivity contribution in [1.29, 1.82) is 0 Å². The minimum atomic E-state index is 1.34. The summed E-state index contributed by atoms with van der Waals surface area (Å²) in [5.41, 5.74) is 0. The van der Waals surface area contributed by atoms with E-state index in [1.807, 2.05) is 0 Å².